The van der Waals surface area contributed by atoms with Crippen LogP contribution in [0.4, 0.5) is 4.39 Å². The van der Waals surface area contributed by atoms with Gasteiger partial charge >= 0.3 is 0 Å². The molecule has 140 valence electrons. The van der Waals surface area contributed by atoms with Crippen LogP contribution in [-0.2, 0) is 18.4 Å². The molecule has 1 aromatic heterocycles. The Kier molecular flexibility index (Phi) is 6.19. The number of hydrogen-bond donors (Lipinski definition) is 0. The molecule has 1 amide bonds. The van der Waals surface area contributed by atoms with Crippen LogP contribution in [0, 0.1) is 5.82 Å². The van der Waals surface area contributed by atoms with Crippen molar-refractivity contribution in [3.63, 3.8) is 0 Å². The molecule has 7 heteroatoms. The van der Waals surface area contributed by atoms with E-state index in [1.807, 2.05) is 41.9 Å². The second-order valence-corrected chi connectivity index (χ2v) is 7.44. The summed E-state index contributed by atoms with van der Waals surface area (Å²) < 4.78 is 15.9. The number of halogens is 2. The molecular weight excluding hydrogens is 385 g/mol. The Morgan fingerprint density at radius 3 is 2.67 bits per heavy atom. The number of aromatic nitrogens is 2. The van der Waals surface area contributed by atoms with E-state index in [0.717, 1.165) is 16.4 Å². The molecule has 1 heterocycles. The van der Waals surface area contributed by atoms with Crippen molar-refractivity contribution in [2.24, 2.45) is 7.05 Å². The summed E-state index contributed by atoms with van der Waals surface area (Å²) >= 11 is 7.39. The molecule has 3 rings (SSSR count). The van der Waals surface area contributed by atoms with E-state index in [4.69, 9.17) is 11.6 Å². The van der Waals surface area contributed by atoms with Crippen molar-refractivity contribution in [1.82, 2.24) is 14.5 Å². The van der Waals surface area contributed by atoms with E-state index in [9.17, 15) is 9.18 Å². The fraction of sp³-hybridized carbons (Fsp3) is 0.200. The van der Waals surface area contributed by atoms with Crippen molar-refractivity contribution in [3.8, 4) is 11.3 Å². The molecule has 0 saturated carbocycles. The molecule has 27 heavy (non-hydrogen) atoms. The van der Waals surface area contributed by atoms with Gasteiger partial charge in [-0.25, -0.2) is 9.37 Å². The Hall–Kier alpha value is -2.31. The summed E-state index contributed by atoms with van der Waals surface area (Å²) in [7, 11) is 3.56. The molecule has 0 bridgehead atoms. The number of amides is 1. The smallest absolute Gasteiger partial charge is 0.233 e. The molecule has 0 aliphatic rings. The van der Waals surface area contributed by atoms with E-state index >= 15 is 0 Å². The number of rotatable bonds is 6. The van der Waals surface area contributed by atoms with Crippen LogP contribution in [0.3, 0.4) is 0 Å². The maximum absolute atomic E-state index is 13.9. The van der Waals surface area contributed by atoms with Gasteiger partial charge in [0.1, 0.15) is 5.82 Å². The molecule has 3 aromatic rings. The summed E-state index contributed by atoms with van der Waals surface area (Å²) in [6, 6.07) is 14.4. The summed E-state index contributed by atoms with van der Waals surface area (Å²) in [4.78, 5) is 18.3. The summed E-state index contributed by atoms with van der Waals surface area (Å²) in [5, 5.41) is 1.07. The first kappa shape index (κ1) is 19.5. The summed E-state index contributed by atoms with van der Waals surface area (Å²) in [5.41, 5.74) is 2.37. The average molecular weight is 404 g/mol. The van der Waals surface area contributed by atoms with Crippen LogP contribution in [0.2, 0.25) is 5.02 Å². The van der Waals surface area contributed by atoms with Gasteiger partial charge < -0.3 is 9.47 Å². The van der Waals surface area contributed by atoms with Gasteiger partial charge in [0.05, 0.1) is 17.6 Å². The average Bonchev–Trinajstić information content (AvgIpc) is 3.04. The molecule has 0 radical (unpaired) electrons. The Balaban J connectivity index is 1.63. The normalized spacial score (nSPS) is 10.8. The van der Waals surface area contributed by atoms with Gasteiger partial charge in [-0.15, -0.1) is 0 Å². The number of imidazole rings is 1. The van der Waals surface area contributed by atoms with Gasteiger partial charge in [-0.2, -0.15) is 0 Å². The molecule has 4 nitrogen and oxygen atoms in total. The third kappa shape index (κ3) is 4.51. The van der Waals surface area contributed by atoms with Crippen LogP contribution in [0.1, 0.15) is 5.56 Å². The number of thioether (sulfide) groups is 1. The summed E-state index contributed by atoms with van der Waals surface area (Å²) in [6.45, 7) is 0.126. The highest BCUT2D eigenvalue weighted by Crippen LogP contribution is 2.25. The third-order valence-electron chi connectivity index (χ3n) is 4.22. The van der Waals surface area contributed by atoms with Crippen LogP contribution in [0.15, 0.2) is 59.9 Å². The monoisotopic (exact) mass is 403 g/mol. The zero-order chi connectivity index (χ0) is 19.4. The van der Waals surface area contributed by atoms with Gasteiger partial charge in [-0.1, -0.05) is 59.8 Å². The minimum atomic E-state index is -0.411. The van der Waals surface area contributed by atoms with Crippen LogP contribution in [-0.4, -0.2) is 33.2 Å². The van der Waals surface area contributed by atoms with E-state index in [2.05, 4.69) is 4.98 Å². The van der Waals surface area contributed by atoms with Crippen molar-refractivity contribution < 1.29 is 9.18 Å². The number of benzene rings is 2. The molecule has 2 aromatic carbocycles. The lowest BCUT2D eigenvalue weighted by molar-refractivity contribution is -0.127. The Morgan fingerprint density at radius 2 is 1.96 bits per heavy atom. The number of nitrogens with zero attached hydrogens (tertiary/aromatic N) is 3. The maximum atomic E-state index is 13.9. The zero-order valence-corrected chi connectivity index (χ0v) is 16.6. The predicted octanol–water partition coefficient (Wildman–Crippen LogP) is 4.63. The van der Waals surface area contributed by atoms with Crippen LogP contribution in [0.25, 0.3) is 11.3 Å². The Morgan fingerprint density at radius 1 is 1.22 bits per heavy atom. The van der Waals surface area contributed by atoms with E-state index in [-0.39, 0.29) is 18.2 Å². The lowest BCUT2D eigenvalue weighted by Gasteiger charge is -2.18. The number of carbonyl (C=O) groups is 1. The molecule has 0 aliphatic carbocycles. The first-order valence-electron chi connectivity index (χ1n) is 8.34. The molecule has 0 unspecified atom stereocenters. The molecule has 0 saturated heterocycles. The highest BCUT2D eigenvalue weighted by Gasteiger charge is 2.16. The molecule has 0 atom stereocenters. The van der Waals surface area contributed by atoms with Crippen LogP contribution in [0.5, 0.6) is 0 Å². The quantitative estimate of drug-likeness (QED) is 0.563. The maximum Gasteiger partial charge on any atom is 0.233 e. The van der Waals surface area contributed by atoms with E-state index in [0.29, 0.717) is 10.6 Å². The minimum absolute atomic E-state index is 0.122. The molecular formula is C20H19ClFN3OS. The molecule has 0 N–H and O–H groups in total. The van der Waals surface area contributed by atoms with Gasteiger partial charge in [0, 0.05) is 31.2 Å². The molecule has 0 spiro atoms. The predicted molar refractivity (Wildman–Crippen MR) is 107 cm³/mol. The van der Waals surface area contributed by atoms with E-state index in [1.165, 1.54) is 22.7 Å². The second kappa shape index (κ2) is 8.59. The zero-order valence-electron chi connectivity index (χ0n) is 15.0. The lowest BCUT2D eigenvalue weighted by atomic mass is 10.2. The fourth-order valence-corrected chi connectivity index (χ4v) is 3.76. The van der Waals surface area contributed by atoms with Crippen molar-refractivity contribution >= 4 is 29.3 Å². The van der Waals surface area contributed by atoms with Gasteiger partial charge in [-0.3, -0.25) is 4.79 Å². The van der Waals surface area contributed by atoms with Crippen molar-refractivity contribution in [2.75, 3.05) is 12.8 Å². The molecule has 0 fully saturated rings. The van der Waals surface area contributed by atoms with Crippen molar-refractivity contribution in [1.29, 1.82) is 0 Å². The summed E-state index contributed by atoms with van der Waals surface area (Å²) in [6.07, 6.45) is 1.80. The summed E-state index contributed by atoms with van der Waals surface area (Å²) in [5.74, 6) is -0.322. The van der Waals surface area contributed by atoms with Gasteiger partial charge in [0.15, 0.2) is 5.16 Å². The van der Waals surface area contributed by atoms with Gasteiger partial charge in [0.25, 0.3) is 0 Å². The largest absolute Gasteiger partial charge is 0.341 e. The van der Waals surface area contributed by atoms with Gasteiger partial charge in [0.2, 0.25) is 5.91 Å². The highest BCUT2D eigenvalue weighted by molar-refractivity contribution is 7.99. The van der Waals surface area contributed by atoms with Gasteiger partial charge in [-0.05, 0) is 17.7 Å². The first-order valence-corrected chi connectivity index (χ1v) is 9.70. The fourth-order valence-electron chi connectivity index (χ4n) is 2.65. The van der Waals surface area contributed by atoms with E-state index in [1.54, 1.807) is 25.4 Å². The molecule has 0 aliphatic heterocycles. The number of carbonyl (C=O) groups excluding carboxylic acids is 1. The third-order valence-corrected chi connectivity index (χ3v) is 5.61. The number of hydrogen-bond acceptors (Lipinski definition) is 3. The second-order valence-electron chi connectivity index (χ2n) is 6.09. The van der Waals surface area contributed by atoms with Crippen LogP contribution < -0.4 is 0 Å². The first-order chi connectivity index (χ1) is 13.0. The Bertz CT molecular complexity index is 925. The van der Waals surface area contributed by atoms with Crippen molar-refractivity contribution in [3.05, 3.63) is 71.1 Å². The minimum Gasteiger partial charge on any atom is -0.341 e. The standard InChI is InChI=1S/C20H19ClFN3OS/c1-24(12-15-16(21)9-6-10-17(15)22)19(26)13-27-20-23-11-18(25(20)2)14-7-4-3-5-8-14/h3-11H,12-13H2,1-2H3. The van der Waals surface area contributed by atoms with Crippen LogP contribution >= 0.6 is 23.4 Å². The SMILES string of the molecule is CN(Cc1c(F)cccc1Cl)C(=O)CSc1ncc(-c2ccccc2)n1C. The van der Waals surface area contributed by atoms with E-state index < -0.39 is 5.82 Å². The lowest BCUT2D eigenvalue weighted by Crippen LogP contribution is -2.28. The Labute approximate surface area is 167 Å². The van der Waals surface area contributed by atoms with Crippen molar-refractivity contribution in [2.45, 2.75) is 11.7 Å². The topological polar surface area (TPSA) is 38.1 Å². The highest BCUT2D eigenvalue weighted by atomic mass is 35.5.